The first-order chi connectivity index (χ1) is 18.0. The van der Waals surface area contributed by atoms with E-state index in [2.05, 4.69) is 146 Å². The molecule has 2 nitrogen and oxygen atoms in total. The predicted octanol–water partition coefficient (Wildman–Crippen LogP) is 9.79. The Labute approximate surface area is 217 Å². The van der Waals surface area contributed by atoms with Gasteiger partial charge in [-0.25, -0.2) is 0 Å². The van der Waals surface area contributed by atoms with Gasteiger partial charge in [-0.3, -0.25) is 0 Å². The summed E-state index contributed by atoms with van der Waals surface area (Å²) in [5.41, 5.74) is 9.71. The Hall–Kier alpha value is -4.56. The predicted molar refractivity (Wildman–Crippen MR) is 158 cm³/mol. The van der Waals surface area contributed by atoms with Crippen molar-refractivity contribution in [1.82, 2.24) is 0 Å². The molecule has 0 fully saturated rings. The highest BCUT2D eigenvalue weighted by Gasteiger charge is 2.35. The van der Waals surface area contributed by atoms with Gasteiger partial charge in [0.1, 0.15) is 0 Å². The lowest BCUT2D eigenvalue weighted by Crippen LogP contribution is -2.15. The number of fused-ring (bicyclic) bond motifs is 5. The molecule has 6 aromatic carbocycles. The van der Waals surface area contributed by atoms with Gasteiger partial charge in [0, 0.05) is 28.2 Å². The molecule has 0 aromatic heterocycles. The van der Waals surface area contributed by atoms with Gasteiger partial charge in [-0.15, -0.1) is 0 Å². The van der Waals surface area contributed by atoms with E-state index in [9.17, 15) is 0 Å². The van der Waals surface area contributed by atoms with E-state index in [0.717, 1.165) is 22.7 Å². The average Bonchev–Trinajstić information content (AvgIpc) is 3.14. The van der Waals surface area contributed by atoms with Crippen molar-refractivity contribution in [2.75, 3.05) is 10.6 Å². The van der Waals surface area contributed by atoms with Crippen LogP contribution in [0.2, 0.25) is 0 Å². The molecule has 0 amide bonds. The molecule has 0 radical (unpaired) electrons. The fourth-order valence-electron chi connectivity index (χ4n) is 5.76. The topological polar surface area (TPSA) is 24.1 Å². The van der Waals surface area contributed by atoms with Gasteiger partial charge >= 0.3 is 0 Å². The SMILES string of the molecule is CC1(C)c2cc(Nc3ccc4ccccc4c3)ccc2-c2ccc(Nc3ccc4ccccc4c3)cc21. The molecule has 37 heavy (non-hydrogen) atoms. The van der Waals surface area contributed by atoms with Crippen molar-refractivity contribution in [2.45, 2.75) is 19.3 Å². The molecule has 0 spiro atoms. The number of hydrogen-bond acceptors (Lipinski definition) is 2. The van der Waals surface area contributed by atoms with Crippen LogP contribution in [-0.2, 0) is 5.41 Å². The molecular formula is C35H28N2. The number of anilines is 4. The maximum atomic E-state index is 3.64. The number of rotatable bonds is 4. The van der Waals surface area contributed by atoms with Crippen LogP contribution in [0.15, 0.2) is 121 Å². The van der Waals surface area contributed by atoms with Crippen LogP contribution in [0.4, 0.5) is 22.7 Å². The third-order valence-electron chi connectivity index (χ3n) is 7.75. The van der Waals surface area contributed by atoms with Crippen molar-refractivity contribution < 1.29 is 0 Å². The normalized spacial score (nSPS) is 13.4. The first-order valence-corrected chi connectivity index (χ1v) is 12.9. The second kappa shape index (κ2) is 8.25. The molecule has 0 heterocycles. The second-order valence-corrected chi connectivity index (χ2v) is 10.5. The van der Waals surface area contributed by atoms with E-state index in [1.165, 1.54) is 43.8 Å². The summed E-state index contributed by atoms with van der Waals surface area (Å²) in [6.45, 7) is 4.66. The Kier molecular flexibility index (Phi) is 4.84. The summed E-state index contributed by atoms with van der Waals surface area (Å²) in [6.07, 6.45) is 0. The van der Waals surface area contributed by atoms with Gasteiger partial charge < -0.3 is 10.6 Å². The molecule has 0 atom stereocenters. The minimum atomic E-state index is -0.0905. The summed E-state index contributed by atoms with van der Waals surface area (Å²) < 4.78 is 0. The zero-order valence-electron chi connectivity index (χ0n) is 21.0. The molecule has 178 valence electrons. The Balaban J connectivity index is 1.19. The van der Waals surface area contributed by atoms with Crippen LogP contribution < -0.4 is 10.6 Å². The summed E-state index contributed by atoms with van der Waals surface area (Å²) in [5, 5.41) is 12.3. The van der Waals surface area contributed by atoms with Gasteiger partial charge in [-0.05, 0) is 92.3 Å². The first-order valence-electron chi connectivity index (χ1n) is 12.9. The lowest BCUT2D eigenvalue weighted by atomic mass is 9.82. The van der Waals surface area contributed by atoms with E-state index >= 15 is 0 Å². The van der Waals surface area contributed by atoms with E-state index in [4.69, 9.17) is 0 Å². The molecule has 0 bridgehead atoms. The summed E-state index contributed by atoms with van der Waals surface area (Å²) in [5.74, 6) is 0. The summed E-state index contributed by atoms with van der Waals surface area (Å²) >= 11 is 0. The van der Waals surface area contributed by atoms with Crippen molar-refractivity contribution in [1.29, 1.82) is 0 Å². The van der Waals surface area contributed by atoms with Gasteiger partial charge in [-0.2, -0.15) is 0 Å². The third kappa shape index (κ3) is 3.73. The van der Waals surface area contributed by atoms with Gasteiger partial charge in [-0.1, -0.05) is 86.6 Å². The van der Waals surface area contributed by atoms with Crippen LogP contribution in [0, 0.1) is 0 Å². The fourth-order valence-corrected chi connectivity index (χ4v) is 5.76. The van der Waals surface area contributed by atoms with Crippen molar-refractivity contribution in [3.63, 3.8) is 0 Å². The zero-order valence-corrected chi connectivity index (χ0v) is 21.0. The van der Waals surface area contributed by atoms with Crippen molar-refractivity contribution in [3.8, 4) is 11.1 Å². The molecule has 0 saturated carbocycles. The van der Waals surface area contributed by atoms with Crippen LogP contribution in [0.5, 0.6) is 0 Å². The first kappa shape index (κ1) is 21.7. The van der Waals surface area contributed by atoms with Crippen LogP contribution in [-0.4, -0.2) is 0 Å². The van der Waals surface area contributed by atoms with Crippen LogP contribution >= 0.6 is 0 Å². The fraction of sp³-hybridized carbons (Fsp3) is 0.0857. The monoisotopic (exact) mass is 476 g/mol. The highest BCUT2D eigenvalue weighted by molar-refractivity contribution is 5.89. The maximum Gasteiger partial charge on any atom is 0.0390 e. The van der Waals surface area contributed by atoms with E-state index in [-0.39, 0.29) is 5.41 Å². The Bertz CT molecular complexity index is 1680. The Morgan fingerprint density at radius 2 is 0.784 bits per heavy atom. The third-order valence-corrected chi connectivity index (χ3v) is 7.75. The zero-order chi connectivity index (χ0) is 25.0. The largest absolute Gasteiger partial charge is 0.355 e. The number of nitrogens with one attached hydrogen (secondary N) is 2. The van der Waals surface area contributed by atoms with Gasteiger partial charge in [0.05, 0.1) is 0 Å². The molecule has 0 unspecified atom stereocenters. The van der Waals surface area contributed by atoms with E-state index < -0.39 is 0 Å². The molecule has 6 aromatic rings. The highest BCUT2D eigenvalue weighted by atomic mass is 14.9. The number of hydrogen-bond donors (Lipinski definition) is 2. The van der Waals surface area contributed by atoms with Gasteiger partial charge in [0.2, 0.25) is 0 Å². The second-order valence-electron chi connectivity index (χ2n) is 10.5. The quantitative estimate of drug-likeness (QED) is 0.264. The van der Waals surface area contributed by atoms with Gasteiger partial charge in [0.25, 0.3) is 0 Å². The molecule has 0 saturated heterocycles. The lowest BCUT2D eigenvalue weighted by molar-refractivity contribution is 0.661. The highest BCUT2D eigenvalue weighted by Crippen LogP contribution is 2.50. The van der Waals surface area contributed by atoms with Crippen molar-refractivity contribution in [3.05, 3.63) is 132 Å². The van der Waals surface area contributed by atoms with Crippen molar-refractivity contribution in [2.24, 2.45) is 0 Å². The molecule has 1 aliphatic carbocycles. The standard InChI is InChI=1S/C35H28N2/c1-35(2)33-21-29(36-27-13-11-23-7-3-5-9-25(23)19-27)15-17-31(33)32-18-16-30(22-34(32)35)37-28-14-12-24-8-4-6-10-26(24)20-28/h3-22,36-37H,1-2H3. The van der Waals surface area contributed by atoms with E-state index in [1.54, 1.807) is 0 Å². The lowest BCUT2D eigenvalue weighted by Gasteiger charge is -2.23. The molecular weight excluding hydrogens is 448 g/mol. The van der Waals surface area contributed by atoms with Gasteiger partial charge in [0.15, 0.2) is 0 Å². The minimum absolute atomic E-state index is 0.0905. The molecule has 2 heteroatoms. The maximum absolute atomic E-state index is 3.64. The average molecular weight is 477 g/mol. The number of benzene rings is 6. The van der Waals surface area contributed by atoms with E-state index in [0.29, 0.717) is 0 Å². The molecule has 0 aliphatic heterocycles. The smallest absolute Gasteiger partial charge is 0.0390 e. The van der Waals surface area contributed by atoms with Crippen LogP contribution in [0.3, 0.4) is 0 Å². The molecule has 1 aliphatic rings. The van der Waals surface area contributed by atoms with E-state index in [1.807, 2.05) is 0 Å². The van der Waals surface area contributed by atoms with Crippen LogP contribution in [0.1, 0.15) is 25.0 Å². The minimum Gasteiger partial charge on any atom is -0.355 e. The molecule has 7 rings (SSSR count). The van der Waals surface area contributed by atoms with Crippen molar-refractivity contribution >= 4 is 44.3 Å². The Morgan fingerprint density at radius 1 is 0.405 bits per heavy atom. The summed E-state index contributed by atoms with van der Waals surface area (Å²) in [7, 11) is 0. The summed E-state index contributed by atoms with van der Waals surface area (Å²) in [4.78, 5) is 0. The Morgan fingerprint density at radius 3 is 1.24 bits per heavy atom. The molecule has 2 N–H and O–H groups in total. The van der Waals surface area contributed by atoms with Crippen LogP contribution in [0.25, 0.3) is 32.7 Å². The summed E-state index contributed by atoms with van der Waals surface area (Å²) in [6, 6.07) is 43.6.